The molecule has 0 saturated heterocycles. The van der Waals surface area contributed by atoms with Crippen molar-refractivity contribution in [1.82, 2.24) is 24.5 Å². The van der Waals surface area contributed by atoms with Gasteiger partial charge in [0.25, 0.3) is 0 Å². The van der Waals surface area contributed by atoms with Gasteiger partial charge < -0.3 is 5.32 Å². The minimum absolute atomic E-state index is 0.0862. The molecule has 10 heteroatoms. The predicted molar refractivity (Wildman–Crippen MR) is 112 cm³/mol. The molecule has 3 aromatic rings. The first-order valence-corrected chi connectivity index (χ1v) is 10.2. The molecule has 3 rings (SSSR count). The van der Waals surface area contributed by atoms with Crippen LogP contribution in [0.1, 0.15) is 31.4 Å². The molecule has 30 heavy (non-hydrogen) atoms. The zero-order valence-electron chi connectivity index (χ0n) is 17.1. The number of alkyl halides is 3. The summed E-state index contributed by atoms with van der Waals surface area (Å²) in [6.07, 6.45) is 0.0936. The standard InChI is InChI=1S/C20H23F3N6S/c1-5-13(3)28-30-15-6-7-17(12(2)8-15)26-19-24-10-16(20(21,22)23)18(27-19)14-9-25-29(4)11-14/h6-11,13,28H,5H2,1-4H3,(H,24,26,27). The summed E-state index contributed by atoms with van der Waals surface area (Å²) in [5.41, 5.74) is 0.809. The summed E-state index contributed by atoms with van der Waals surface area (Å²) in [7, 11) is 1.64. The van der Waals surface area contributed by atoms with Crippen LogP contribution in [0.25, 0.3) is 11.3 Å². The number of aryl methyl sites for hydroxylation is 2. The Morgan fingerprint density at radius 2 is 2.00 bits per heavy atom. The topological polar surface area (TPSA) is 67.7 Å². The third-order valence-corrected chi connectivity index (χ3v) is 5.52. The first-order valence-electron chi connectivity index (χ1n) is 9.40. The molecule has 1 atom stereocenters. The van der Waals surface area contributed by atoms with Crippen LogP contribution in [0.4, 0.5) is 24.8 Å². The Morgan fingerprint density at radius 1 is 1.23 bits per heavy atom. The van der Waals surface area contributed by atoms with Crippen molar-refractivity contribution in [2.45, 2.75) is 44.3 Å². The molecule has 0 radical (unpaired) electrons. The fraction of sp³-hybridized carbons (Fsp3) is 0.350. The smallest absolute Gasteiger partial charge is 0.324 e. The molecule has 1 unspecified atom stereocenters. The van der Waals surface area contributed by atoms with Crippen LogP contribution in [0.15, 0.2) is 41.7 Å². The lowest BCUT2D eigenvalue weighted by Crippen LogP contribution is -2.17. The molecule has 0 saturated carbocycles. The molecule has 0 aliphatic carbocycles. The van der Waals surface area contributed by atoms with Crippen molar-refractivity contribution in [3.63, 3.8) is 0 Å². The summed E-state index contributed by atoms with van der Waals surface area (Å²) in [6, 6.07) is 6.18. The number of nitrogens with one attached hydrogen (secondary N) is 2. The summed E-state index contributed by atoms with van der Waals surface area (Å²) in [4.78, 5) is 9.06. The quantitative estimate of drug-likeness (QED) is 0.487. The SMILES string of the molecule is CCC(C)NSc1ccc(Nc2ncc(C(F)(F)F)c(-c3cnn(C)c3)n2)c(C)c1. The van der Waals surface area contributed by atoms with Gasteiger partial charge in [-0.3, -0.25) is 9.40 Å². The third-order valence-electron chi connectivity index (χ3n) is 4.51. The second-order valence-electron chi connectivity index (χ2n) is 6.99. The largest absolute Gasteiger partial charge is 0.419 e. The van der Waals surface area contributed by atoms with Gasteiger partial charge in [-0.25, -0.2) is 9.97 Å². The molecular weight excluding hydrogens is 413 g/mol. The normalized spacial score (nSPS) is 12.8. The fourth-order valence-electron chi connectivity index (χ4n) is 2.63. The van der Waals surface area contributed by atoms with Gasteiger partial charge in [0.05, 0.1) is 11.9 Å². The maximum absolute atomic E-state index is 13.4. The Bertz CT molecular complexity index is 1020. The molecule has 0 fully saturated rings. The van der Waals surface area contributed by atoms with Gasteiger partial charge in [0.15, 0.2) is 0 Å². The summed E-state index contributed by atoms with van der Waals surface area (Å²) in [5, 5.41) is 6.97. The number of hydrogen-bond donors (Lipinski definition) is 2. The Morgan fingerprint density at radius 3 is 2.60 bits per heavy atom. The van der Waals surface area contributed by atoms with Crippen molar-refractivity contribution in [1.29, 1.82) is 0 Å². The molecule has 2 heterocycles. The molecule has 0 spiro atoms. The highest BCUT2D eigenvalue weighted by molar-refractivity contribution is 7.97. The van der Waals surface area contributed by atoms with E-state index in [0.29, 0.717) is 6.04 Å². The van der Waals surface area contributed by atoms with Crippen LogP contribution in [0.2, 0.25) is 0 Å². The fourth-order valence-corrected chi connectivity index (χ4v) is 3.50. The molecule has 1 aromatic carbocycles. The number of hydrogen-bond acceptors (Lipinski definition) is 6. The van der Waals surface area contributed by atoms with Crippen molar-refractivity contribution in [2.24, 2.45) is 7.05 Å². The highest BCUT2D eigenvalue weighted by Gasteiger charge is 2.35. The average molecular weight is 437 g/mol. The van der Waals surface area contributed by atoms with Gasteiger partial charge in [-0.1, -0.05) is 6.92 Å². The van der Waals surface area contributed by atoms with E-state index in [1.165, 1.54) is 17.1 Å². The number of nitrogens with zero attached hydrogens (tertiary/aromatic N) is 4. The van der Waals surface area contributed by atoms with E-state index < -0.39 is 11.7 Å². The summed E-state index contributed by atoms with van der Waals surface area (Å²) >= 11 is 1.55. The molecule has 2 aromatic heterocycles. The van der Waals surface area contributed by atoms with E-state index in [4.69, 9.17) is 0 Å². The van der Waals surface area contributed by atoms with E-state index in [2.05, 4.69) is 39.0 Å². The number of benzene rings is 1. The minimum atomic E-state index is -4.57. The first kappa shape index (κ1) is 22.1. The van der Waals surface area contributed by atoms with Crippen molar-refractivity contribution < 1.29 is 13.2 Å². The van der Waals surface area contributed by atoms with Crippen molar-refractivity contribution >= 4 is 23.6 Å². The second-order valence-corrected chi connectivity index (χ2v) is 7.90. The van der Waals surface area contributed by atoms with Crippen LogP contribution in [0, 0.1) is 6.92 Å². The van der Waals surface area contributed by atoms with Gasteiger partial charge >= 0.3 is 6.18 Å². The number of rotatable bonds is 7. The zero-order valence-corrected chi connectivity index (χ0v) is 17.9. The van der Waals surface area contributed by atoms with Crippen LogP contribution < -0.4 is 10.0 Å². The third kappa shape index (κ3) is 5.31. The highest BCUT2D eigenvalue weighted by Crippen LogP contribution is 2.36. The Kier molecular flexibility index (Phi) is 6.67. The second kappa shape index (κ2) is 9.05. The van der Waals surface area contributed by atoms with E-state index in [-0.39, 0.29) is 17.2 Å². The minimum Gasteiger partial charge on any atom is -0.324 e. The molecule has 160 valence electrons. The van der Waals surface area contributed by atoms with E-state index >= 15 is 0 Å². The average Bonchev–Trinajstić information content (AvgIpc) is 3.13. The van der Waals surface area contributed by atoms with Gasteiger partial charge in [0, 0.05) is 41.6 Å². The number of halogens is 3. The van der Waals surface area contributed by atoms with Crippen LogP contribution in [-0.2, 0) is 13.2 Å². The van der Waals surface area contributed by atoms with E-state index in [1.54, 1.807) is 19.0 Å². The number of aromatic nitrogens is 4. The lowest BCUT2D eigenvalue weighted by atomic mass is 10.1. The van der Waals surface area contributed by atoms with Gasteiger partial charge in [-0.2, -0.15) is 18.3 Å². The molecule has 2 N–H and O–H groups in total. The lowest BCUT2D eigenvalue weighted by Gasteiger charge is -2.14. The van der Waals surface area contributed by atoms with Crippen LogP contribution >= 0.6 is 11.9 Å². The van der Waals surface area contributed by atoms with Crippen molar-refractivity contribution in [3.8, 4) is 11.3 Å². The number of anilines is 2. The van der Waals surface area contributed by atoms with E-state index in [9.17, 15) is 13.2 Å². The summed E-state index contributed by atoms with van der Waals surface area (Å²) in [5.74, 6) is 0.0862. The molecule has 0 bridgehead atoms. The zero-order chi connectivity index (χ0) is 21.9. The van der Waals surface area contributed by atoms with Crippen LogP contribution in [0.3, 0.4) is 0 Å². The Balaban J connectivity index is 1.86. The van der Waals surface area contributed by atoms with Gasteiger partial charge in [0.2, 0.25) is 5.95 Å². The van der Waals surface area contributed by atoms with Crippen molar-refractivity contribution in [2.75, 3.05) is 5.32 Å². The molecule has 0 aliphatic rings. The maximum atomic E-state index is 13.4. The lowest BCUT2D eigenvalue weighted by molar-refractivity contribution is -0.137. The monoisotopic (exact) mass is 436 g/mol. The van der Waals surface area contributed by atoms with Crippen LogP contribution in [-0.4, -0.2) is 25.8 Å². The Hall–Kier alpha value is -2.59. The Labute approximate surface area is 177 Å². The maximum Gasteiger partial charge on any atom is 0.419 e. The summed E-state index contributed by atoms with van der Waals surface area (Å²) in [6.45, 7) is 6.14. The predicted octanol–water partition coefficient (Wildman–Crippen LogP) is 5.34. The molecular formula is C20H23F3N6S. The highest BCUT2D eigenvalue weighted by atomic mass is 32.2. The van der Waals surface area contributed by atoms with Crippen molar-refractivity contribution in [3.05, 3.63) is 47.9 Å². The summed E-state index contributed by atoms with van der Waals surface area (Å²) < 4.78 is 45.1. The molecule has 6 nitrogen and oxygen atoms in total. The molecule has 0 aliphatic heterocycles. The van der Waals surface area contributed by atoms with Crippen LogP contribution in [0.5, 0.6) is 0 Å². The van der Waals surface area contributed by atoms with Gasteiger partial charge in [0.1, 0.15) is 5.56 Å². The van der Waals surface area contributed by atoms with E-state index in [1.807, 2.05) is 25.1 Å². The first-order chi connectivity index (χ1) is 14.2. The molecule has 0 amide bonds. The van der Waals surface area contributed by atoms with Gasteiger partial charge in [-0.05, 0) is 56.0 Å². The van der Waals surface area contributed by atoms with E-state index in [0.717, 1.165) is 28.8 Å². The van der Waals surface area contributed by atoms with Gasteiger partial charge in [-0.15, -0.1) is 0 Å².